The fourth-order valence-electron chi connectivity index (χ4n) is 2.49. The van der Waals surface area contributed by atoms with E-state index in [0.717, 1.165) is 18.1 Å². The Kier molecular flexibility index (Phi) is 3.57. The zero-order valence-corrected chi connectivity index (χ0v) is 12.0. The van der Waals surface area contributed by atoms with Gasteiger partial charge in [0.15, 0.2) is 0 Å². The van der Waals surface area contributed by atoms with Gasteiger partial charge in [-0.3, -0.25) is 0 Å². The van der Waals surface area contributed by atoms with Crippen molar-refractivity contribution in [1.82, 2.24) is 20.1 Å². The highest BCUT2D eigenvalue weighted by Crippen LogP contribution is 2.38. The van der Waals surface area contributed by atoms with Gasteiger partial charge in [0.2, 0.25) is 0 Å². The summed E-state index contributed by atoms with van der Waals surface area (Å²) >= 11 is 1.96. The van der Waals surface area contributed by atoms with Crippen molar-refractivity contribution in [1.29, 1.82) is 0 Å². The molecule has 0 radical (unpaired) electrons. The molecule has 0 fully saturated rings. The van der Waals surface area contributed by atoms with Gasteiger partial charge in [0, 0.05) is 30.2 Å². The predicted octanol–water partition coefficient (Wildman–Crippen LogP) is 2.36. The lowest BCUT2D eigenvalue weighted by molar-refractivity contribution is 0.506. The number of fused-ring (bicyclic) bond motifs is 1. The van der Waals surface area contributed by atoms with Crippen LogP contribution in [0.15, 0.2) is 35.5 Å². The van der Waals surface area contributed by atoms with Crippen LogP contribution in [0.5, 0.6) is 0 Å². The number of rotatable bonds is 4. The van der Waals surface area contributed by atoms with Crippen LogP contribution >= 0.6 is 11.8 Å². The van der Waals surface area contributed by atoms with Gasteiger partial charge in [-0.1, -0.05) is 18.2 Å². The van der Waals surface area contributed by atoms with Crippen LogP contribution in [0.25, 0.3) is 0 Å². The molecule has 2 unspecified atom stereocenters. The number of aryl methyl sites for hydroxylation is 1. The summed E-state index contributed by atoms with van der Waals surface area (Å²) in [4.78, 5) is 1.43. The molecule has 4 nitrogen and oxygen atoms in total. The lowest BCUT2D eigenvalue weighted by Gasteiger charge is -2.17. The van der Waals surface area contributed by atoms with E-state index in [4.69, 9.17) is 0 Å². The van der Waals surface area contributed by atoms with Crippen molar-refractivity contribution in [3.05, 3.63) is 42.0 Å². The summed E-state index contributed by atoms with van der Waals surface area (Å²) < 4.78 is 1.97. The molecule has 2 aromatic rings. The largest absolute Gasteiger partial charge is 0.319 e. The number of nitrogens with one attached hydrogen (secondary N) is 1. The Hall–Kier alpha value is -1.33. The zero-order chi connectivity index (χ0) is 13.2. The molecule has 1 aromatic carbocycles. The van der Waals surface area contributed by atoms with Crippen LogP contribution in [0, 0.1) is 0 Å². The minimum atomic E-state index is 0.227. The molecule has 0 bridgehead atoms. The van der Waals surface area contributed by atoms with Gasteiger partial charge in [-0.2, -0.15) is 0 Å². The molecule has 5 heteroatoms. The maximum atomic E-state index is 4.15. The molecule has 0 spiro atoms. The molecule has 1 aliphatic heterocycles. The van der Waals surface area contributed by atoms with E-state index in [9.17, 15) is 0 Å². The monoisotopic (exact) mass is 274 g/mol. The first-order valence-electron chi connectivity index (χ1n) is 6.54. The van der Waals surface area contributed by atoms with Gasteiger partial charge < -0.3 is 9.88 Å². The SMILES string of the molecule is CC(NCC1CSc2ccccc21)c1nncn1C. The summed E-state index contributed by atoms with van der Waals surface area (Å²) in [6, 6.07) is 8.93. The molecule has 2 atom stereocenters. The third-order valence-corrected chi connectivity index (χ3v) is 4.85. The van der Waals surface area contributed by atoms with Gasteiger partial charge in [0.1, 0.15) is 12.2 Å². The van der Waals surface area contributed by atoms with Crippen LogP contribution in [0.1, 0.15) is 30.3 Å². The average Bonchev–Trinajstić information content (AvgIpc) is 3.02. The Morgan fingerprint density at radius 1 is 1.47 bits per heavy atom. The number of nitrogens with zero attached hydrogens (tertiary/aromatic N) is 3. The van der Waals surface area contributed by atoms with E-state index in [-0.39, 0.29) is 6.04 Å². The Labute approximate surface area is 117 Å². The van der Waals surface area contributed by atoms with Gasteiger partial charge in [-0.25, -0.2) is 0 Å². The van der Waals surface area contributed by atoms with Crippen LogP contribution < -0.4 is 5.32 Å². The normalized spacial score (nSPS) is 19.4. The Bertz CT molecular complexity index is 566. The highest BCUT2D eigenvalue weighted by molar-refractivity contribution is 7.99. The number of benzene rings is 1. The molecule has 1 N–H and O–H groups in total. The smallest absolute Gasteiger partial charge is 0.149 e. The molecule has 1 aliphatic rings. The van der Waals surface area contributed by atoms with Crippen LogP contribution in [0.2, 0.25) is 0 Å². The lowest BCUT2D eigenvalue weighted by atomic mass is 10.0. The summed E-state index contributed by atoms with van der Waals surface area (Å²) in [6.45, 7) is 3.12. The number of aromatic nitrogens is 3. The van der Waals surface area contributed by atoms with E-state index in [1.807, 2.05) is 23.4 Å². The summed E-state index contributed by atoms with van der Waals surface area (Å²) in [7, 11) is 1.98. The molecular weight excluding hydrogens is 256 g/mol. The summed E-state index contributed by atoms with van der Waals surface area (Å²) in [5.41, 5.74) is 1.48. The van der Waals surface area contributed by atoms with Crippen molar-refractivity contribution in [3.63, 3.8) is 0 Å². The second-order valence-electron chi connectivity index (χ2n) is 4.98. The van der Waals surface area contributed by atoms with Gasteiger partial charge >= 0.3 is 0 Å². The summed E-state index contributed by atoms with van der Waals surface area (Å²) in [5.74, 6) is 2.74. The van der Waals surface area contributed by atoms with Crippen LogP contribution in [0.3, 0.4) is 0 Å². The molecule has 0 saturated carbocycles. The first-order valence-corrected chi connectivity index (χ1v) is 7.53. The molecule has 3 rings (SSSR count). The fourth-order valence-corrected chi connectivity index (χ4v) is 3.75. The minimum Gasteiger partial charge on any atom is -0.319 e. The Morgan fingerprint density at radius 3 is 3.11 bits per heavy atom. The van der Waals surface area contributed by atoms with Crippen molar-refractivity contribution < 1.29 is 0 Å². The summed E-state index contributed by atoms with van der Waals surface area (Å²) in [6.07, 6.45) is 1.74. The Morgan fingerprint density at radius 2 is 2.32 bits per heavy atom. The first-order chi connectivity index (χ1) is 9.25. The maximum absolute atomic E-state index is 4.15. The number of hydrogen-bond donors (Lipinski definition) is 1. The molecule has 2 heterocycles. The van der Waals surface area contributed by atoms with Gasteiger partial charge in [0.25, 0.3) is 0 Å². The van der Waals surface area contributed by atoms with Gasteiger partial charge in [-0.05, 0) is 18.6 Å². The van der Waals surface area contributed by atoms with E-state index in [2.05, 4.69) is 46.7 Å². The van der Waals surface area contributed by atoms with Crippen LogP contribution in [-0.4, -0.2) is 27.1 Å². The topological polar surface area (TPSA) is 42.7 Å². The molecule has 19 heavy (non-hydrogen) atoms. The molecule has 0 amide bonds. The van der Waals surface area contributed by atoms with Crippen molar-refractivity contribution >= 4 is 11.8 Å². The third-order valence-electron chi connectivity index (χ3n) is 3.60. The van der Waals surface area contributed by atoms with Crippen molar-refractivity contribution in [3.8, 4) is 0 Å². The second kappa shape index (κ2) is 5.35. The standard InChI is InChI=1S/C14H18N4S/c1-10(14-17-16-9-18(14)2)15-7-11-8-19-13-6-4-3-5-12(11)13/h3-6,9-11,15H,7-8H2,1-2H3. The molecule has 1 aromatic heterocycles. The fraction of sp³-hybridized carbons (Fsp3) is 0.429. The van der Waals surface area contributed by atoms with Crippen LogP contribution in [0.4, 0.5) is 0 Å². The average molecular weight is 274 g/mol. The minimum absolute atomic E-state index is 0.227. The lowest BCUT2D eigenvalue weighted by Crippen LogP contribution is -2.26. The van der Waals surface area contributed by atoms with E-state index in [1.54, 1.807) is 6.33 Å². The van der Waals surface area contributed by atoms with Gasteiger partial charge in [-0.15, -0.1) is 22.0 Å². The Balaban J connectivity index is 1.64. The number of thioether (sulfide) groups is 1. The van der Waals surface area contributed by atoms with Gasteiger partial charge in [0.05, 0.1) is 6.04 Å². The maximum Gasteiger partial charge on any atom is 0.149 e. The quantitative estimate of drug-likeness (QED) is 0.929. The summed E-state index contributed by atoms with van der Waals surface area (Å²) in [5, 5.41) is 11.6. The van der Waals surface area contributed by atoms with E-state index < -0.39 is 0 Å². The number of hydrogen-bond acceptors (Lipinski definition) is 4. The van der Waals surface area contributed by atoms with Crippen molar-refractivity contribution in [2.24, 2.45) is 7.05 Å². The first kappa shape index (κ1) is 12.7. The third kappa shape index (κ3) is 2.53. The van der Waals surface area contributed by atoms with E-state index >= 15 is 0 Å². The molecule has 0 saturated heterocycles. The van der Waals surface area contributed by atoms with Crippen molar-refractivity contribution in [2.75, 3.05) is 12.3 Å². The highest BCUT2D eigenvalue weighted by atomic mass is 32.2. The van der Waals surface area contributed by atoms with E-state index in [0.29, 0.717) is 5.92 Å². The highest BCUT2D eigenvalue weighted by Gasteiger charge is 2.23. The van der Waals surface area contributed by atoms with Crippen molar-refractivity contribution in [2.45, 2.75) is 23.8 Å². The second-order valence-corrected chi connectivity index (χ2v) is 6.04. The molecular formula is C14H18N4S. The van der Waals surface area contributed by atoms with E-state index in [1.165, 1.54) is 10.5 Å². The molecule has 100 valence electrons. The zero-order valence-electron chi connectivity index (χ0n) is 11.2. The van der Waals surface area contributed by atoms with Crippen LogP contribution in [-0.2, 0) is 7.05 Å². The molecule has 0 aliphatic carbocycles. The predicted molar refractivity (Wildman–Crippen MR) is 77.3 cm³/mol.